The molecule has 1 aliphatic rings. The number of hydrogen-bond donors (Lipinski definition) is 3. The van der Waals surface area contributed by atoms with Crippen LogP contribution in [0, 0.1) is 0 Å². The van der Waals surface area contributed by atoms with Crippen molar-refractivity contribution >= 4 is 11.7 Å². The summed E-state index contributed by atoms with van der Waals surface area (Å²) < 4.78 is 5.13. The Morgan fingerprint density at radius 2 is 1.93 bits per heavy atom. The number of rotatable bonds is 6. The predicted octanol–water partition coefficient (Wildman–Crippen LogP) is 3.97. The van der Waals surface area contributed by atoms with Crippen molar-refractivity contribution in [2.45, 2.75) is 31.1 Å². The van der Waals surface area contributed by atoms with Crippen LogP contribution in [0.25, 0.3) is 0 Å². The van der Waals surface area contributed by atoms with E-state index >= 15 is 0 Å². The van der Waals surface area contributed by atoms with Crippen molar-refractivity contribution in [2.75, 3.05) is 12.4 Å². The normalized spacial score (nSPS) is 18.3. The van der Waals surface area contributed by atoms with E-state index in [0.29, 0.717) is 23.4 Å². The minimum absolute atomic E-state index is 0.0962. The average molecular weight is 377 g/mol. The highest BCUT2D eigenvalue weighted by Gasteiger charge is 2.34. The number of nitrogens with one attached hydrogen (secondary N) is 2. The van der Waals surface area contributed by atoms with E-state index in [1.165, 1.54) is 0 Å². The SMILES string of the molecule is COc1ccc(CC(=O)Nc2cc([C@H]3C[C@@H](c4ccccc4O)C3)n[nH]2)cc1. The Hall–Kier alpha value is -3.28. The van der Waals surface area contributed by atoms with Crippen LogP contribution in [0.15, 0.2) is 54.6 Å². The number of carbonyl (C=O) groups excluding carboxylic acids is 1. The number of hydrogen-bond acceptors (Lipinski definition) is 4. The number of amides is 1. The number of aromatic hydroxyl groups is 1. The number of benzene rings is 2. The number of phenols is 1. The molecule has 1 aliphatic carbocycles. The minimum Gasteiger partial charge on any atom is -0.508 e. The Balaban J connectivity index is 1.31. The van der Waals surface area contributed by atoms with E-state index in [1.54, 1.807) is 13.2 Å². The summed E-state index contributed by atoms with van der Waals surface area (Å²) in [4.78, 5) is 12.3. The van der Waals surface area contributed by atoms with Crippen LogP contribution in [0.2, 0.25) is 0 Å². The number of nitrogens with zero attached hydrogens (tertiary/aromatic N) is 1. The smallest absolute Gasteiger partial charge is 0.229 e. The van der Waals surface area contributed by atoms with Crippen LogP contribution in [0.3, 0.4) is 0 Å². The lowest BCUT2D eigenvalue weighted by atomic mass is 9.70. The molecule has 1 aromatic heterocycles. The Morgan fingerprint density at radius 1 is 1.18 bits per heavy atom. The first kappa shape index (κ1) is 18.1. The van der Waals surface area contributed by atoms with E-state index in [0.717, 1.165) is 35.4 Å². The lowest BCUT2D eigenvalue weighted by molar-refractivity contribution is -0.115. The zero-order chi connectivity index (χ0) is 19.5. The van der Waals surface area contributed by atoms with E-state index in [9.17, 15) is 9.90 Å². The van der Waals surface area contributed by atoms with Crippen molar-refractivity contribution in [1.29, 1.82) is 0 Å². The molecule has 3 aromatic rings. The first-order valence-electron chi connectivity index (χ1n) is 9.38. The molecule has 0 spiro atoms. The highest BCUT2D eigenvalue weighted by Crippen LogP contribution is 2.49. The summed E-state index contributed by atoms with van der Waals surface area (Å²) in [7, 11) is 1.62. The van der Waals surface area contributed by atoms with Gasteiger partial charge in [0, 0.05) is 12.0 Å². The van der Waals surface area contributed by atoms with Gasteiger partial charge in [-0.15, -0.1) is 0 Å². The zero-order valence-electron chi connectivity index (χ0n) is 15.7. The zero-order valence-corrected chi connectivity index (χ0v) is 15.7. The van der Waals surface area contributed by atoms with Crippen LogP contribution in [-0.4, -0.2) is 28.3 Å². The third-order valence-electron chi connectivity index (χ3n) is 5.33. The molecule has 144 valence electrons. The van der Waals surface area contributed by atoms with Gasteiger partial charge < -0.3 is 15.2 Å². The fourth-order valence-electron chi connectivity index (χ4n) is 3.68. The van der Waals surface area contributed by atoms with Gasteiger partial charge in [-0.25, -0.2) is 0 Å². The number of methoxy groups -OCH3 is 1. The summed E-state index contributed by atoms with van der Waals surface area (Å²) in [6, 6.07) is 16.8. The molecular weight excluding hydrogens is 354 g/mol. The van der Waals surface area contributed by atoms with E-state index in [4.69, 9.17) is 4.74 Å². The third-order valence-corrected chi connectivity index (χ3v) is 5.33. The number of anilines is 1. The second kappa shape index (κ2) is 7.76. The van der Waals surface area contributed by atoms with Crippen molar-refractivity contribution < 1.29 is 14.6 Å². The van der Waals surface area contributed by atoms with E-state index < -0.39 is 0 Å². The van der Waals surface area contributed by atoms with Gasteiger partial charge >= 0.3 is 0 Å². The van der Waals surface area contributed by atoms with Crippen LogP contribution >= 0.6 is 0 Å². The molecule has 3 N–H and O–H groups in total. The summed E-state index contributed by atoms with van der Waals surface area (Å²) in [6.45, 7) is 0. The highest BCUT2D eigenvalue weighted by atomic mass is 16.5. The molecule has 0 bridgehead atoms. The lowest BCUT2D eigenvalue weighted by Gasteiger charge is -2.34. The summed E-state index contributed by atoms with van der Waals surface area (Å²) >= 11 is 0. The summed E-state index contributed by atoms with van der Waals surface area (Å²) in [5.41, 5.74) is 2.87. The van der Waals surface area contributed by atoms with Gasteiger partial charge in [0.2, 0.25) is 5.91 Å². The van der Waals surface area contributed by atoms with Gasteiger partial charge in [0.15, 0.2) is 0 Å². The van der Waals surface area contributed by atoms with Crippen molar-refractivity contribution in [3.8, 4) is 11.5 Å². The van der Waals surface area contributed by atoms with Crippen LogP contribution in [0.5, 0.6) is 11.5 Å². The highest BCUT2D eigenvalue weighted by molar-refractivity contribution is 5.91. The van der Waals surface area contributed by atoms with Crippen molar-refractivity contribution in [2.24, 2.45) is 0 Å². The fraction of sp³-hybridized carbons (Fsp3) is 0.273. The molecule has 6 nitrogen and oxygen atoms in total. The van der Waals surface area contributed by atoms with E-state index in [-0.39, 0.29) is 12.3 Å². The summed E-state index contributed by atoms with van der Waals surface area (Å²) in [5.74, 6) is 2.34. The molecule has 2 aromatic carbocycles. The standard InChI is InChI=1S/C22H23N3O3/c1-28-17-8-6-14(7-9-17)10-22(27)23-21-13-19(24-25-21)16-11-15(12-16)18-4-2-3-5-20(18)26/h2-9,13,15-16,26H,10-12H2,1H3,(H2,23,24,25,27)/t15-,16+. The molecule has 1 amide bonds. The number of H-pyrrole nitrogens is 1. The quantitative estimate of drug-likeness (QED) is 0.607. The Labute approximate surface area is 163 Å². The lowest BCUT2D eigenvalue weighted by Crippen LogP contribution is -2.20. The van der Waals surface area contributed by atoms with E-state index in [2.05, 4.69) is 15.5 Å². The van der Waals surface area contributed by atoms with Gasteiger partial charge in [0.05, 0.1) is 19.2 Å². The van der Waals surface area contributed by atoms with Gasteiger partial charge in [-0.3, -0.25) is 9.89 Å². The number of phenolic OH excluding ortho intramolecular Hbond substituents is 1. The molecule has 1 fully saturated rings. The van der Waals surface area contributed by atoms with Crippen LogP contribution in [-0.2, 0) is 11.2 Å². The number of ether oxygens (including phenoxy) is 1. The first-order chi connectivity index (χ1) is 13.6. The number of carbonyl (C=O) groups is 1. The second-order valence-electron chi connectivity index (χ2n) is 7.20. The van der Waals surface area contributed by atoms with Crippen molar-refractivity contribution in [1.82, 2.24) is 10.2 Å². The number of aromatic nitrogens is 2. The molecule has 0 unspecified atom stereocenters. The average Bonchev–Trinajstić information content (AvgIpc) is 3.10. The van der Waals surface area contributed by atoms with E-state index in [1.807, 2.05) is 48.5 Å². The molecule has 4 rings (SSSR count). The van der Waals surface area contributed by atoms with Gasteiger partial charge in [-0.2, -0.15) is 5.10 Å². The third kappa shape index (κ3) is 3.86. The maximum Gasteiger partial charge on any atom is 0.229 e. The Kier molecular flexibility index (Phi) is 5.02. The van der Waals surface area contributed by atoms with Gasteiger partial charge in [0.1, 0.15) is 17.3 Å². The van der Waals surface area contributed by atoms with Gasteiger partial charge in [-0.1, -0.05) is 30.3 Å². The summed E-state index contributed by atoms with van der Waals surface area (Å²) in [6.07, 6.45) is 2.18. The molecule has 0 saturated heterocycles. The molecule has 1 saturated carbocycles. The van der Waals surface area contributed by atoms with Crippen molar-refractivity contribution in [3.05, 3.63) is 71.4 Å². The van der Waals surface area contributed by atoms with Crippen LogP contribution < -0.4 is 10.1 Å². The number of para-hydroxylation sites is 1. The monoisotopic (exact) mass is 377 g/mol. The molecule has 28 heavy (non-hydrogen) atoms. The largest absolute Gasteiger partial charge is 0.508 e. The number of aromatic amines is 1. The molecule has 0 aliphatic heterocycles. The molecule has 0 atom stereocenters. The topological polar surface area (TPSA) is 87.2 Å². The summed E-state index contributed by atoms with van der Waals surface area (Å²) in [5, 5.41) is 20.1. The molecular formula is C22H23N3O3. The minimum atomic E-state index is -0.0962. The first-order valence-corrected chi connectivity index (χ1v) is 9.38. The molecule has 6 heteroatoms. The maximum atomic E-state index is 12.3. The Morgan fingerprint density at radius 3 is 2.64 bits per heavy atom. The van der Waals surface area contributed by atoms with Gasteiger partial charge in [0.25, 0.3) is 0 Å². The Bertz CT molecular complexity index is 959. The van der Waals surface area contributed by atoms with Crippen LogP contribution in [0.1, 0.15) is 41.5 Å². The molecule has 0 radical (unpaired) electrons. The maximum absolute atomic E-state index is 12.3. The fourth-order valence-corrected chi connectivity index (χ4v) is 3.68. The van der Waals surface area contributed by atoms with Crippen LogP contribution in [0.4, 0.5) is 5.82 Å². The second-order valence-corrected chi connectivity index (χ2v) is 7.20. The van der Waals surface area contributed by atoms with Gasteiger partial charge in [-0.05, 0) is 48.1 Å². The molecule has 1 heterocycles. The predicted molar refractivity (Wildman–Crippen MR) is 107 cm³/mol. The van der Waals surface area contributed by atoms with Crippen molar-refractivity contribution in [3.63, 3.8) is 0 Å².